The molecule has 1 N–H and O–H groups in total. The third kappa shape index (κ3) is 3.53. The van der Waals surface area contributed by atoms with E-state index in [1.54, 1.807) is 21.3 Å². The maximum absolute atomic E-state index is 5.51. The lowest BCUT2D eigenvalue weighted by Gasteiger charge is -2.26. The minimum absolute atomic E-state index is 0.181. The van der Waals surface area contributed by atoms with Crippen LogP contribution < -0.4 is 19.5 Å². The van der Waals surface area contributed by atoms with E-state index in [1.807, 2.05) is 12.1 Å². The highest BCUT2D eigenvalue weighted by Crippen LogP contribution is 2.40. The number of hydrogen-bond acceptors (Lipinski definition) is 4. The Morgan fingerprint density at radius 3 is 1.84 bits per heavy atom. The first-order chi connectivity index (χ1) is 9.08. The van der Waals surface area contributed by atoms with Crippen LogP contribution in [0.15, 0.2) is 12.1 Å². The van der Waals surface area contributed by atoms with Gasteiger partial charge in [-0.3, -0.25) is 0 Å². The Balaban J connectivity index is 3.36. The number of benzene rings is 1. The van der Waals surface area contributed by atoms with E-state index in [0.717, 1.165) is 29.4 Å². The van der Waals surface area contributed by atoms with Gasteiger partial charge in [0.2, 0.25) is 0 Å². The fourth-order valence-electron chi connectivity index (χ4n) is 2.23. The van der Waals surface area contributed by atoms with Crippen molar-refractivity contribution in [3.63, 3.8) is 0 Å². The average Bonchev–Trinajstić information content (AvgIpc) is 2.43. The van der Waals surface area contributed by atoms with Gasteiger partial charge >= 0.3 is 0 Å². The predicted octanol–water partition coefficient (Wildman–Crippen LogP) is 3.02. The Hall–Kier alpha value is -1.42. The molecule has 0 heterocycles. The van der Waals surface area contributed by atoms with Gasteiger partial charge in [-0.1, -0.05) is 20.8 Å². The molecule has 0 aliphatic rings. The third-order valence-corrected chi connectivity index (χ3v) is 3.15. The molecule has 0 spiro atoms. The van der Waals surface area contributed by atoms with E-state index in [0.29, 0.717) is 5.92 Å². The van der Waals surface area contributed by atoms with Crippen molar-refractivity contribution in [1.29, 1.82) is 0 Å². The Morgan fingerprint density at radius 1 is 1.00 bits per heavy atom. The predicted molar refractivity (Wildman–Crippen MR) is 77.4 cm³/mol. The van der Waals surface area contributed by atoms with Gasteiger partial charge in [0.1, 0.15) is 17.2 Å². The zero-order valence-electron chi connectivity index (χ0n) is 12.7. The maximum atomic E-state index is 5.51. The first-order valence-electron chi connectivity index (χ1n) is 6.62. The van der Waals surface area contributed by atoms with Crippen LogP contribution in [0.25, 0.3) is 0 Å². The first kappa shape index (κ1) is 15.6. The summed E-state index contributed by atoms with van der Waals surface area (Å²) < 4.78 is 16.3. The molecule has 0 aliphatic carbocycles. The van der Waals surface area contributed by atoms with E-state index in [9.17, 15) is 0 Å². The monoisotopic (exact) mass is 267 g/mol. The minimum Gasteiger partial charge on any atom is -0.496 e. The van der Waals surface area contributed by atoms with Crippen molar-refractivity contribution in [2.45, 2.75) is 26.8 Å². The summed E-state index contributed by atoms with van der Waals surface area (Å²) in [5.74, 6) is 2.74. The summed E-state index contributed by atoms with van der Waals surface area (Å²) in [5.41, 5.74) is 1.04. The van der Waals surface area contributed by atoms with Crippen LogP contribution in [0.5, 0.6) is 17.2 Å². The summed E-state index contributed by atoms with van der Waals surface area (Å²) in [7, 11) is 4.97. The molecular weight excluding hydrogens is 242 g/mol. The molecule has 1 unspecified atom stereocenters. The van der Waals surface area contributed by atoms with Crippen LogP contribution in [0.1, 0.15) is 32.4 Å². The van der Waals surface area contributed by atoms with Crippen molar-refractivity contribution < 1.29 is 14.2 Å². The van der Waals surface area contributed by atoms with Crippen molar-refractivity contribution in [2.24, 2.45) is 5.92 Å². The molecule has 1 atom stereocenters. The van der Waals surface area contributed by atoms with Gasteiger partial charge in [-0.05, 0) is 12.5 Å². The molecular formula is C15H25NO3. The number of hydrogen-bond donors (Lipinski definition) is 1. The highest BCUT2D eigenvalue weighted by atomic mass is 16.5. The number of ether oxygens (including phenoxy) is 3. The lowest BCUT2D eigenvalue weighted by atomic mass is 9.94. The van der Waals surface area contributed by atoms with E-state index in [1.165, 1.54) is 0 Å². The van der Waals surface area contributed by atoms with E-state index in [2.05, 4.69) is 26.1 Å². The topological polar surface area (TPSA) is 39.7 Å². The van der Waals surface area contributed by atoms with Crippen LogP contribution in [-0.4, -0.2) is 27.9 Å². The maximum Gasteiger partial charge on any atom is 0.131 e. The molecule has 4 nitrogen and oxygen atoms in total. The summed E-state index contributed by atoms with van der Waals surface area (Å²) >= 11 is 0. The second-order valence-corrected chi connectivity index (χ2v) is 4.72. The van der Waals surface area contributed by atoms with Crippen molar-refractivity contribution in [2.75, 3.05) is 27.9 Å². The Labute approximate surface area is 116 Å². The van der Waals surface area contributed by atoms with Gasteiger partial charge in [-0.15, -0.1) is 0 Å². The molecule has 1 aromatic rings. The summed E-state index contributed by atoms with van der Waals surface area (Å²) in [6.45, 7) is 7.34. The molecule has 0 saturated heterocycles. The summed E-state index contributed by atoms with van der Waals surface area (Å²) in [5, 5.41) is 3.48. The second-order valence-electron chi connectivity index (χ2n) is 4.72. The number of nitrogens with one attached hydrogen (secondary N) is 1. The van der Waals surface area contributed by atoms with Gasteiger partial charge in [-0.25, -0.2) is 0 Å². The third-order valence-electron chi connectivity index (χ3n) is 3.15. The van der Waals surface area contributed by atoms with Crippen LogP contribution in [-0.2, 0) is 0 Å². The fourth-order valence-corrected chi connectivity index (χ4v) is 2.23. The average molecular weight is 267 g/mol. The molecule has 0 radical (unpaired) electrons. The molecule has 0 amide bonds. The normalized spacial score (nSPS) is 12.4. The van der Waals surface area contributed by atoms with Gasteiger partial charge in [0.25, 0.3) is 0 Å². The van der Waals surface area contributed by atoms with E-state index in [-0.39, 0.29) is 6.04 Å². The van der Waals surface area contributed by atoms with Crippen LogP contribution in [0.2, 0.25) is 0 Å². The van der Waals surface area contributed by atoms with Gasteiger partial charge in [0.15, 0.2) is 0 Å². The van der Waals surface area contributed by atoms with Crippen LogP contribution >= 0.6 is 0 Å². The summed E-state index contributed by atoms with van der Waals surface area (Å²) in [6, 6.07) is 3.97. The number of rotatable bonds is 7. The van der Waals surface area contributed by atoms with E-state index < -0.39 is 0 Å². The van der Waals surface area contributed by atoms with Crippen molar-refractivity contribution in [3.8, 4) is 17.2 Å². The fraction of sp³-hybridized carbons (Fsp3) is 0.600. The van der Waals surface area contributed by atoms with Crippen molar-refractivity contribution >= 4 is 0 Å². The molecule has 108 valence electrons. The highest BCUT2D eigenvalue weighted by molar-refractivity contribution is 5.52. The van der Waals surface area contributed by atoms with Crippen molar-refractivity contribution in [1.82, 2.24) is 5.32 Å². The SMILES string of the molecule is CCNC(c1c(OC)cc(OC)cc1OC)C(C)C. The lowest BCUT2D eigenvalue weighted by molar-refractivity contribution is 0.339. The van der Waals surface area contributed by atoms with Crippen LogP contribution in [0.4, 0.5) is 0 Å². The van der Waals surface area contributed by atoms with E-state index in [4.69, 9.17) is 14.2 Å². The highest BCUT2D eigenvalue weighted by Gasteiger charge is 2.24. The van der Waals surface area contributed by atoms with E-state index >= 15 is 0 Å². The minimum atomic E-state index is 0.181. The Kier molecular flexibility index (Phi) is 5.96. The molecule has 0 bridgehead atoms. The standard InChI is InChI=1S/C15H25NO3/c1-7-16-15(10(2)3)14-12(18-5)8-11(17-4)9-13(14)19-6/h8-10,15-16H,7H2,1-6H3. The summed E-state index contributed by atoms with van der Waals surface area (Å²) in [4.78, 5) is 0. The second kappa shape index (κ2) is 7.24. The van der Waals surface area contributed by atoms with Gasteiger partial charge in [0, 0.05) is 18.2 Å². The largest absolute Gasteiger partial charge is 0.496 e. The smallest absolute Gasteiger partial charge is 0.131 e. The molecule has 19 heavy (non-hydrogen) atoms. The zero-order valence-corrected chi connectivity index (χ0v) is 12.7. The van der Waals surface area contributed by atoms with Crippen LogP contribution in [0, 0.1) is 5.92 Å². The Morgan fingerprint density at radius 2 is 1.53 bits per heavy atom. The Bertz CT molecular complexity index is 379. The molecule has 0 aliphatic heterocycles. The quantitative estimate of drug-likeness (QED) is 0.824. The molecule has 1 aromatic carbocycles. The molecule has 4 heteroatoms. The van der Waals surface area contributed by atoms with Crippen LogP contribution in [0.3, 0.4) is 0 Å². The molecule has 1 rings (SSSR count). The summed E-state index contributed by atoms with van der Waals surface area (Å²) in [6.07, 6.45) is 0. The zero-order chi connectivity index (χ0) is 14.4. The molecule has 0 fully saturated rings. The molecule has 0 aromatic heterocycles. The first-order valence-corrected chi connectivity index (χ1v) is 6.62. The van der Waals surface area contributed by atoms with Gasteiger partial charge in [0.05, 0.1) is 26.9 Å². The molecule has 0 saturated carbocycles. The van der Waals surface area contributed by atoms with Gasteiger partial charge in [-0.2, -0.15) is 0 Å². The van der Waals surface area contributed by atoms with Crippen molar-refractivity contribution in [3.05, 3.63) is 17.7 Å². The lowest BCUT2D eigenvalue weighted by Crippen LogP contribution is -2.26. The van der Waals surface area contributed by atoms with Gasteiger partial charge < -0.3 is 19.5 Å². The number of methoxy groups -OCH3 is 3.